The Bertz CT molecular complexity index is 930. The maximum absolute atomic E-state index is 10.6. The van der Waals surface area contributed by atoms with Crippen LogP contribution in [0.2, 0.25) is 0 Å². The zero-order valence-electron chi connectivity index (χ0n) is 16.3. The van der Waals surface area contributed by atoms with Crippen LogP contribution in [0.5, 0.6) is 0 Å². The number of nitrogens with one attached hydrogen (secondary N) is 1. The average Bonchev–Trinajstić information content (AvgIpc) is 3.32. The van der Waals surface area contributed by atoms with Crippen LogP contribution < -0.4 is 0 Å². The van der Waals surface area contributed by atoms with Crippen LogP contribution in [-0.4, -0.2) is 46.1 Å². The molecule has 0 saturated carbocycles. The molecule has 8 nitrogen and oxygen atoms in total. The van der Waals surface area contributed by atoms with Gasteiger partial charge in [0.15, 0.2) is 6.10 Å². The van der Waals surface area contributed by atoms with E-state index in [1.165, 1.54) is 0 Å². The molecule has 0 saturated heterocycles. The molecule has 4 rings (SSSR count). The van der Waals surface area contributed by atoms with Crippen LogP contribution in [0.1, 0.15) is 55.5 Å². The highest BCUT2D eigenvalue weighted by atomic mass is 16.3. The monoisotopic (exact) mass is 369 g/mol. The molecule has 0 amide bonds. The zero-order chi connectivity index (χ0) is 19.2. The van der Waals surface area contributed by atoms with Crippen molar-refractivity contribution in [2.75, 3.05) is 6.54 Å². The van der Waals surface area contributed by atoms with E-state index < -0.39 is 6.10 Å². The first-order valence-corrected chi connectivity index (χ1v) is 9.30. The Morgan fingerprint density at radius 3 is 2.74 bits per heavy atom. The number of aromatic nitrogens is 6. The maximum Gasteiger partial charge on any atom is 0.155 e. The summed E-state index contributed by atoms with van der Waals surface area (Å²) in [5, 5.41) is 22.8. The van der Waals surface area contributed by atoms with Gasteiger partial charge >= 0.3 is 0 Å². The number of hydrogen-bond donors (Lipinski definition) is 2. The van der Waals surface area contributed by atoms with Crippen molar-refractivity contribution < 1.29 is 5.11 Å². The fraction of sp³-hybridized carbons (Fsp3) is 0.526. The van der Waals surface area contributed by atoms with Crippen LogP contribution in [0.3, 0.4) is 0 Å². The normalized spacial score (nSPS) is 16.5. The Hall–Kier alpha value is -2.45. The van der Waals surface area contributed by atoms with Crippen LogP contribution in [0.15, 0.2) is 24.5 Å². The summed E-state index contributed by atoms with van der Waals surface area (Å²) in [6.45, 7) is 9.84. The lowest BCUT2D eigenvalue weighted by Crippen LogP contribution is -2.33. The summed E-state index contributed by atoms with van der Waals surface area (Å²) in [5.74, 6) is 0.606. The molecule has 0 spiro atoms. The molecule has 4 heterocycles. The molecule has 0 aliphatic carbocycles. The van der Waals surface area contributed by atoms with Crippen LogP contribution >= 0.6 is 0 Å². The quantitative estimate of drug-likeness (QED) is 0.731. The molecule has 0 bridgehead atoms. The second-order valence-electron chi connectivity index (χ2n) is 8.32. The van der Waals surface area contributed by atoms with E-state index in [0.29, 0.717) is 11.5 Å². The predicted molar refractivity (Wildman–Crippen MR) is 101 cm³/mol. The van der Waals surface area contributed by atoms with Crippen molar-refractivity contribution in [3.05, 3.63) is 53.1 Å². The van der Waals surface area contributed by atoms with E-state index in [-0.39, 0.29) is 5.41 Å². The van der Waals surface area contributed by atoms with E-state index >= 15 is 0 Å². The summed E-state index contributed by atoms with van der Waals surface area (Å²) >= 11 is 0. The number of rotatable bonds is 4. The summed E-state index contributed by atoms with van der Waals surface area (Å²) in [6, 6.07) is 4.14. The second kappa shape index (κ2) is 6.61. The Morgan fingerprint density at radius 1 is 1.26 bits per heavy atom. The van der Waals surface area contributed by atoms with E-state index in [2.05, 4.69) is 52.0 Å². The van der Waals surface area contributed by atoms with E-state index in [1.807, 2.05) is 28.6 Å². The third kappa shape index (κ3) is 3.54. The summed E-state index contributed by atoms with van der Waals surface area (Å²) in [4.78, 5) is 6.60. The van der Waals surface area contributed by atoms with Crippen molar-refractivity contribution in [3.63, 3.8) is 0 Å². The van der Waals surface area contributed by atoms with E-state index in [4.69, 9.17) is 0 Å². The molecule has 3 aromatic heterocycles. The van der Waals surface area contributed by atoms with Gasteiger partial charge in [0.05, 0.1) is 23.6 Å². The molecule has 1 unspecified atom stereocenters. The van der Waals surface area contributed by atoms with Gasteiger partial charge in [-0.1, -0.05) is 20.8 Å². The van der Waals surface area contributed by atoms with Crippen molar-refractivity contribution in [2.45, 2.75) is 51.9 Å². The fourth-order valence-electron chi connectivity index (χ4n) is 3.45. The van der Waals surface area contributed by atoms with Crippen LogP contribution in [-0.2, 0) is 32.1 Å². The molecule has 1 aliphatic rings. The van der Waals surface area contributed by atoms with Gasteiger partial charge in [0, 0.05) is 50.2 Å². The molecule has 0 aromatic carbocycles. The number of aryl methyl sites for hydroxylation is 1. The number of hydrogen-bond acceptors (Lipinski definition) is 5. The lowest BCUT2D eigenvalue weighted by atomic mass is 9.92. The number of aromatic amines is 1. The standard InChI is InChI=1S/C19H27N7O/c1-19(2,3)16-9-13(21-22-16)11-25-7-8-26-14(12-25)10-15(23-26)17(27)18-20-5-6-24(18)4/h5-6,9-10,17,27H,7-8,11-12H2,1-4H3,(H,21,22). The largest absolute Gasteiger partial charge is 0.379 e. The molecular formula is C19H27N7O. The van der Waals surface area contributed by atoms with Crippen molar-refractivity contribution in [2.24, 2.45) is 7.05 Å². The number of aliphatic hydroxyl groups excluding tert-OH is 1. The van der Waals surface area contributed by atoms with Gasteiger partial charge in [0.25, 0.3) is 0 Å². The van der Waals surface area contributed by atoms with Gasteiger partial charge in [-0.2, -0.15) is 10.2 Å². The molecule has 1 aliphatic heterocycles. The molecule has 3 aromatic rings. The molecule has 144 valence electrons. The van der Waals surface area contributed by atoms with Gasteiger partial charge in [-0.15, -0.1) is 0 Å². The SMILES string of the molecule is Cn1ccnc1C(O)c1cc2n(n1)CCN(Cc1cc(C(C)(C)C)n[nH]1)C2. The van der Waals surface area contributed by atoms with Gasteiger partial charge in [0.2, 0.25) is 0 Å². The van der Waals surface area contributed by atoms with Crippen LogP contribution in [0.4, 0.5) is 0 Å². The number of fused-ring (bicyclic) bond motifs is 1. The minimum Gasteiger partial charge on any atom is -0.379 e. The smallest absolute Gasteiger partial charge is 0.155 e. The van der Waals surface area contributed by atoms with E-state index in [9.17, 15) is 5.11 Å². The van der Waals surface area contributed by atoms with E-state index in [0.717, 1.165) is 43.3 Å². The van der Waals surface area contributed by atoms with Gasteiger partial charge in [-0.3, -0.25) is 14.7 Å². The molecule has 1 atom stereocenters. The first-order chi connectivity index (χ1) is 12.8. The van der Waals surface area contributed by atoms with Crippen molar-refractivity contribution in [1.82, 2.24) is 34.4 Å². The minimum atomic E-state index is -0.807. The third-order valence-electron chi connectivity index (χ3n) is 5.07. The summed E-state index contributed by atoms with van der Waals surface area (Å²) < 4.78 is 3.81. The molecular weight excluding hydrogens is 342 g/mol. The zero-order valence-corrected chi connectivity index (χ0v) is 16.3. The van der Waals surface area contributed by atoms with Crippen molar-refractivity contribution in [1.29, 1.82) is 0 Å². The average molecular weight is 369 g/mol. The molecule has 2 N–H and O–H groups in total. The summed E-state index contributed by atoms with van der Waals surface area (Å²) in [7, 11) is 1.87. The molecule has 0 fully saturated rings. The second-order valence-corrected chi connectivity index (χ2v) is 8.32. The first kappa shape index (κ1) is 17.9. The minimum absolute atomic E-state index is 0.0469. The molecule has 8 heteroatoms. The van der Waals surface area contributed by atoms with Gasteiger partial charge in [-0.25, -0.2) is 4.98 Å². The highest BCUT2D eigenvalue weighted by Gasteiger charge is 2.24. The van der Waals surface area contributed by atoms with Crippen molar-refractivity contribution >= 4 is 0 Å². The third-order valence-corrected chi connectivity index (χ3v) is 5.07. The van der Waals surface area contributed by atoms with E-state index in [1.54, 1.807) is 6.20 Å². The highest BCUT2D eigenvalue weighted by molar-refractivity contribution is 5.20. The van der Waals surface area contributed by atoms with Crippen molar-refractivity contribution in [3.8, 4) is 0 Å². The lowest BCUT2D eigenvalue weighted by molar-refractivity contribution is 0.193. The summed E-state index contributed by atoms with van der Waals surface area (Å²) in [6.07, 6.45) is 2.71. The predicted octanol–water partition coefficient (Wildman–Crippen LogP) is 1.73. The maximum atomic E-state index is 10.6. The molecule has 27 heavy (non-hydrogen) atoms. The topological polar surface area (TPSA) is 87.8 Å². The Morgan fingerprint density at radius 2 is 2.07 bits per heavy atom. The first-order valence-electron chi connectivity index (χ1n) is 9.30. The summed E-state index contributed by atoms with van der Waals surface area (Å²) in [5.41, 5.74) is 4.02. The number of nitrogens with zero attached hydrogens (tertiary/aromatic N) is 6. The highest BCUT2D eigenvalue weighted by Crippen LogP contribution is 2.24. The fourth-order valence-corrected chi connectivity index (χ4v) is 3.45. The van der Waals surface area contributed by atoms with Gasteiger partial charge in [-0.05, 0) is 12.1 Å². The van der Waals surface area contributed by atoms with Gasteiger partial charge < -0.3 is 9.67 Å². The Labute approximate surface area is 158 Å². The lowest BCUT2D eigenvalue weighted by Gasteiger charge is -2.26. The van der Waals surface area contributed by atoms with Crippen LogP contribution in [0.25, 0.3) is 0 Å². The number of H-pyrrole nitrogens is 1. The van der Waals surface area contributed by atoms with Gasteiger partial charge in [0.1, 0.15) is 5.82 Å². The number of imidazole rings is 1. The Kier molecular flexibility index (Phi) is 4.39. The Balaban J connectivity index is 1.47. The number of aliphatic hydroxyl groups is 1. The molecule has 0 radical (unpaired) electrons. The van der Waals surface area contributed by atoms with Crippen LogP contribution in [0, 0.1) is 0 Å².